The zero-order chi connectivity index (χ0) is 21.8. The van der Waals surface area contributed by atoms with E-state index in [4.69, 9.17) is 11.5 Å². The minimum absolute atomic E-state index is 0.512. The minimum atomic E-state index is -0.512. The van der Waals surface area contributed by atoms with Crippen LogP contribution >= 0.6 is 0 Å². The Balaban J connectivity index is 1.70. The number of aromatic nitrogens is 6. The first-order chi connectivity index (χ1) is 14.8. The van der Waals surface area contributed by atoms with Crippen molar-refractivity contribution < 1.29 is 0 Å². The molecule has 0 aliphatic carbocycles. The molecule has 0 radical (unpaired) electrons. The van der Waals surface area contributed by atoms with Crippen LogP contribution in [0.25, 0.3) is 39.2 Å². The minimum Gasteiger partial charge on any atom is -0.383 e. The highest BCUT2D eigenvalue weighted by molar-refractivity contribution is 5.85. The maximum absolute atomic E-state index is 6.17. The lowest BCUT2D eigenvalue weighted by molar-refractivity contribution is 0.535. The van der Waals surface area contributed by atoms with Gasteiger partial charge < -0.3 is 11.5 Å². The summed E-state index contributed by atoms with van der Waals surface area (Å²) >= 11 is 0. The lowest BCUT2D eigenvalue weighted by Gasteiger charge is -2.17. The maximum atomic E-state index is 6.17. The van der Waals surface area contributed by atoms with E-state index in [0.717, 1.165) is 39.0 Å². The Bertz CT molecular complexity index is 1430. The van der Waals surface area contributed by atoms with Gasteiger partial charge in [-0.25, -0.2) is 4.98 Å². The Kier molecular flexibility index (Phi) is 4.19. The van der Waals surface area contributed by atoms with Crippen LogP contribution in [0.5, 0.6) is 0 Å². The monoisotopic (exact) mass is 410 g/mol. The number of rotatable bonds is 3. The number of benzene rings is 1. The molecule has 0 aliphatic heterocycles. The summed E-state index contributed by atoms with van der Waals surface area (Å²) in [6.07, 6.45) is 5.28. The Morgan fingerprint density at radius 1 is 0.839 bits per heavy atom. The van der Waals surface area contributed by atoms with Gasteiger partial charge in [-0.2, -0.15) is 0 Å². The Morgan fingerprint density at radius 3 is 2.32 bits per heavy atom. The molecule has 0 aliphatic rings. The maximum Gasteiger partial charge on any atom is 0.180 e. The van der Waals surface area contributed by atoms with E-state index >= 15 is 0 Å². The van der Waals surface area contributed by atoms with E-state index in [-0.39, 0.29) is 0 Å². The number of aryl methyl sites for hydroxylation is 1. The van der Waals surface area contributed by atoms with Gasteiger partial charge in [0.1, 0.15) is 5.82 Å². The molecule has 8 nitrogen and oxygen atoms in total. The number of fused-ring (bicyclic) bond motifs is 3. The highest BCUT2D eigenvalue weighted by Gasteiger charge is 2.17. The van der Waals surface area contributed by atoms with E-state index in [0.29, 0.717) is 17.3 Å². The molecule has 0 bridgehead atoms. The number of nitrogens with two attached hydrogens (primary N) is 2. The van der Waals surface area contributed by atoms with Crippen LogP contribution in [0.2, 0.25) is 0 Å². The second-order valence-corrected chi connectivity index (χ2v) is 8.26. The quantitative estimate of drug-likeness (QED) is 0.467. The summed E-state index contributed by atoms with van der Waals surface area (Å²) in [7, 11) is 0. The zero-order valence-corrected chi connectivity index (χ0v) is 17.5. The van der Waals surface area contributed by atoms with Crippen LogP contribution in [-0.2, 0) is 5.54 Å². The van der Waals surface area contributed by atoms with Crippen LogP contribution < -0.4 is 11.5 Å². The van der Waals surface area contributed by atoms with E-state index < -0.39 is 5.54 Å². The molecule has 8 heteroatoms. The van der Waals surface area contributed by atoms with Crippen LogP contribution in [0.15, 0.2) is 55.0 Å². The first kappa shape index (κ1) is 19.1. The summed E-state index contributed by atoms with van der Waals surface area (Å²) in [5.74, 6) is 1.23. The molecule has 5 aromatic rings. The first-order valence-corrected chi connectivity index (χ1v) is 9.93. The summed E-state index contributed by atoms with van der Waals surface area (Å²) in [6, 6.07) is 12.0. The number of hydrogen-bond acceptors (Lipinski definition) is 7. The second kappa shape index (κ2) is 6.82. The summed E-state index contributed by atoms with van der Waals surface area (Å²) in [5.41, 5.74) is 18.5. The van der Waals surface area contributed by atoms with Gasteiger partial charge >= 0.3 is 0 Å². The summed E-state index contributed by atoms with van der Waals surface area (Å²) in [6.45, 7) is 5.80. The molecular formula is C23H22N8. The molecule has 0 saturated carbocycles. The second-order valence-electron chi connectivity index (χ2n) is 8.26. The van der Waals surface area contributed by atoms with E-state index in [1.54, 1.807) is 18.6 Å². The van der Waals surface area contributed by atoms with Crippen molar-refractivity contribution in [1.29, 1.82) is 0 Å². The molecule has 0 saturated heterocycles. The molecule has 0 fully saturated rings. The van der Waals surface area contributed by atoms with Crippen LogP contribution in [0.1, 0.15) is 25.1 Å². The van der Waals surface area contributed by atoms with E-state index in [9.17, 15) is 0 Å². The fraction of sp³-hybridized carbons (Fsp3) is 0.174. The largest absolute Gasteiger partial charge is 0.383 e. The van der Waals surface area contributed by atoms with Gasteiger partial charge in [-0.3, -0.25) is 14.4 Å². The third-order valence-corrected chi connectivity index (χ3v) is 5.36. The molecule has 0 atom stereocenters. The van der Waals surface area contributed by atoms with Gasteiger partial charge in [0.05, 0.1) is 28.5 Å². The molecule has 0 amide bonds. The molecule has 154 valence electrons. The molecule has 0 unspecified atom stereocenters. The van der Waals surface area contributed by atoms with Crippen molar-refractivity contribution in [1.82, 2.24) is 29.5 Å². The SMILES string of the molecule is Cc1cc(-c2ccc3ncc4nnc(-c5ccc(C(C)(C)N)nc5)n4c3c2)cnc1N. The van der Waals surface area contributed by atoms with Gasteiger partial charge in [0.2, 0.25) is 0 Å². The fourth-order valence-electron chi connectivity index (χ4n) is 3.57. The Labute approximate surface area is 179 Å². The van der Waals surface area contributed by atoms with Crippen molar-refractivity contribution in [3.63, 3.8) is 0 Å². The molecule has 31 heavy (non-hydrogen) atoms. The van der Waals surface area contributed by atoms with Crippen LogP contribution in [0.4, 0.5) is 5.82 Å². The van der Waals surface area contributed by atoms with Crippen LogP contribution in [0.3, 0.4) is 0 Å². The summed E-state index contributed by atoms with van der Waals surface area (Å²) < 4.78 is 1.99. The first-order valence-electron chi connectivity index (χ1n) is 9.93. The van der Waals surface area contributed by atoms with Gasteiger partial charge in [0.25, 0.3) is 0 Å². The number of pyridine rings is 2. The van der Waals surface area contributed by atoms with Gasteiger partial charge in [-0.05, 0) is 62.2 Å². The third-order valence-electron chi connectivity index (χ3n) is 5.36. The lowest BCUT2D eigenvalue weighted by atomic mass is 10.0. The molecule has 5 rings (SSSR count). The average molecular weight is 410 g/mol. The normalized spacial score (nSPS) is 12.0. The van der Waals surface area contributed by atoms with E-state index in [2.05, 4.69) is 31.2 Å². The van der Waals surface area contributed by atoms with Crippen molar-refractivity contribution in [2.75, 3.05) is 5.73 Å². The average Bonchev–Trinajstić information content (AvgIpc) is 3.19. The van der Waals surface area contributed by atoms with Crippen molar-refractivity contribution in [2.45, 2.75) is 26.3 Å². The van der Waals surface area contributed by atoms with Gasteiger partial charge in [-0.1, -0.05) is 6.07 Å². The van der Waals surface area contributed by atoms with E-state index in [1.165, 1.54) is 0 Å². The fourth-order valence-corrected chi connectivity index (χ4v) is 3.57. The van der Waals surface area contributed by atoms with Crippen molar-refractivity contribution in [3.8, 4) is 22.5 Å². The molecular weight excluding hydrogens is 388 g/mol. The van der Waals surface area contributed by atoms with Gasteiger partial charge in [0.15, 0.2) is 11.5 Å². The Hall–Kier alpha value is -3.91. The molecule has 4 aromatic heterocycles. The number of nitrogen functional groups attached to an aromatic ring is 1. The van der Waals surface area contributed by atoms with Crippen LogP contribution in [-0.4, -0.2) is 29.5 Å². The number of anilines is 1. The van der Waals surface area contributed by atoms with Crippen molar-refractivity contribution in [3.05, 3.63) is 66.2 Å². The predicted octanol–water partition coefficient (Wildman–Crippen LogP) is 3.49. The lowest BCUT2D eigenvalue weighted by Crippen LogP contribution is -2.29. The summed E-state index contributed by atoms with van der Waals surface area (Å²) in [5, 5.41) is 8.72. The number of hydrogen-bond donors (Lipinski definition) is 2. The highest BCUT2D eigenvalue weighted by Crippen LogP contribution is 2.28. The van der Waals surface area contributed by atoms with Crippen LogP contribution in [0, 0.1) is 6.92 Å². The van der Waals surface area contributed by atoms with Gasteiger partial charge in [-0.15, -0.1) is 10.2 Å². The van der Waals surface area contributed by atoms with Gasteiger partial charge in [0, 0.05) is 23.5 Å². The standard InChI is InChI=1S/C23H22N8/c1-13-8-16(11-28-21(13)24)14-4-6-17-18(9-14)31-20(12-26-17)29-30-22(31)15-5-7-19(27-10-15)23(2,3)25/h4-12H,25H2,1-3H3,(H2,24,28). The van der Waals surface area contributed by atoms with Crippen molar-refractivity contribution >= 4 is 22.5 Å². The molecule has 1 aromatic carbocycles. The highest BCUT2D eigenvalue weighted by atomic mass is 15.3. The topological polar surface area (TPSA) is 121 Å². The number of nitrogens with zero attached hydrogens (tertiary/aromatic N) is 6. The van der Waals surface area contributed by atoms with E-state index in [1.807, 2.05) is 55.5 Å². The molecule has 4 heterocycles. The zero-order valence-electron chi connectivity index (χ0n) is 17.5. The predicted molar refractivity (Wildman–Crippen MR) is 121 cm³/mol. The van der Waals surface area contributed by atoms with Crippen molar-refractivity contribution in [2.24, 2.45) is 5.73 Å². The summed E-state index contributed by atoms with van der Waals surface area (Å²) in [4.78, 5) is 13.4. The molecule has 4 N–H and O–H groups in total. The third kappa shape index (κ3) is 3.27. The smallest absolute Gasteiger partial charge is 0.180 e. The molecule has 0 spiro atoms. The Morgan fingerprint density at radius 2 is 1.61 bits per heavy atom.